The molecule has 31 heavy (non-hydrogen) atoms. The maximum absolute atomic E-state index is 14.5. The van der Waals surface area contributed by atoms with Crippen LogP contribution in [-0.2, 0) is 9.59 Å². The van der Waals surface area contributed by atoms with Crippen molar-refractivity contribution in [3.63, 3.8) is 0 Å². The molecule has 0 bridgehead atoms. The lowest BCUT2D eigenvalue weighted by Crippen LogP contribution is -2.50. The van der Waals surface area contributed by atoms with Gasteiger partial charge in [0.1, 0.15) is 24.3 Å². The number of ether oxygens (including phenoxy) is 1. The standard InChI is InChI=1S/C23H26FN3O4/c1-14-10-16(17-6-8-25-21(11-17)26-23(30)15-2-3-15)4-5-19(14)31-20-7-9-27(12-18(20)24)22(29)13-28/h4-6,8,10-11,15,18,20,28H,2-3,7,9,12-13H2,1H3,(H,25,26,30)/t18-,20+/m1/s1. The summed E-state index contributed by atoms with van der Waals surface area (Å²) >= 11 is 0. The van der Waals surface area contributed by atoms with E-state index in [1.807, 2.05) is 37.3 Å². The summed E-state index contributed by atoms with van der Waals surface area (Å²) < 4.78 is 20.4. The summed E-state index contributed by atoms with van der Waals surface area (Å²) in [5.74, 6) is 0.771. The van der Waals surface area contributed by atoms with Crippen molar-refractivity contribution in [3.8, 4) is 16.9 Å². The molecule has 2 atom stereocenters. The molecule has 1 aliphatic heterocycles. The summed E-state index contributed by atoms with van der Waals surface area (Å²) in [5.41, 5.74) is 2.71. The van der Waals surface area contributed by atoms with E-state index in [0.717, 1.165) is 29.5 Å². The Balaban J connectivity index is 1.43. The highest BCUT2D eigenvalue weighted by atomic mass is 19.1. The first kappa shape index (κ1) is 21.2. The maximum Gasteiger partial charge on any atom is 0.248 e. The Hall–Kier alpha value is -3.00. The number of halogens is 1. The lowest BCUT2D eigenvalue weighted by atomic mass is 10.0. The van der Waals surface area contributed by atoms with E-state index in [-0.39, 0.29) is 18.4 Å². The molecule has 0 unspecified atom stereocenters. The molecule has 164 valence electrons. The molecule has 1 aromatic heterocycles. The Morgan fingerprint density at radius 2 is 2.00 bits per heavy atom. The van der Waals surface area contributed by atoms with E-state index in [2.05, 4.69) is 10.3 Å². The van der Waals surface area contributed by atoms with Crippen LogP contribution in [0.2, 0.25) is 0 Å². The molecule has 2 amide bonds. The number of piperidine rings is 1. The summed E-state index contributed by atoms with van der Waals surface area (Å²) in [6.07, 6.45) is 1.93. The van der Waals surface area contributed by atoms with Gasteiger partial charge in [-0.2, -0.15) is 0 Å². The Bertz CT molecular complexity index is 979. The summed E-state index contributed by atoms with van der Waals surface area (Å²) in [7, 11) is 0. The number of carbonyl (C=O) groups excluding carboxylic acids is 2. The highest BCUT2D eigenvalue weighted by molar-refractivity contribution is 5.93. The molecule has 4 rings (SSSR count). The lowest BCUT2D eigenvalue weighted by molar-refractivity contribution is -0.138. The molecule has 2 aliphatic rings. The predicted molar refractivity (Wildman–Crippen MR) is 113 cm³/mol. The quantitative estimate of drug-likeness (QED) is 0.740. The number of rotatable bonds is 6. The first-order valence-corrected chi connectivity index (χ1v) is 10.5. The molecule has 8 heteroatoms. The van der Waals surface area contributed by atoms with Crippen molar-refractivity contribution in [2.75, 3.05) is 25.0 Å². The number of alkyl halides is 1. The molecule has 2 aromatic rings. The fraction of sp³-hybridized carbons (Fsp3) is 0.435. The maximum atomic E-state index is 14.5. The summed E-state index contributed by atoms with van der Waals surface area (Å²) in [6, 6.07) is 9.36. The van der Waals surface area contributed by atoms with Gasteiger partial charge in [-0.25, -0.2) is 9.37 Å². The third kappa shape index (κ3) is 5.02. The highest BCUT2D eigenvalue weighted by Crippen LogP contribution is 2.32. The van der Waals surface area contributed by atoms with Crippen LogP contribution in [0, 0.1) is 12.8 Å². The largest absolute Gasteiger partial charge is 0.487 e. The molecule has 0 radical (unpaired) electrons. The van der Waals surface area contributed by atoms with Crippen LogP contribution in [-0.4, -0.2) is 58.8 Å². The van der Waals surface area contributed by atoms with Gasteiger partial charge in [0.05, 0.1) is 6.54 Å². The summed E-state index contributed by atoms with van der Waals surface area (Å²) in [4.78, 5) is 29.1. The second kappa shape index (κ2) is 9.01. The zero-order valence-corrected chi connectivity index (χ0v) is 17.4. The van der Waals surface area contributed by atoms with Gasteiger partial charge in [-0.15, -0.1) is 0 Å². The fourth-order valence-electron chi connectivity index (χ4n) is 3.72. The third-order valence-electron chi connectivity index (χ3n) is 5.72. The average molecular weight is 427 g/mol. The normalized spacial score (nSPS) is 20.9. The number of aryl methyl sites for hydroxylation is 1. The summed E-state index contributed by atoms with van der Waals surface area (Å²) in [6.45, 7) is 1.56. The minimum atomic E-state index is -1.32. The molecule has 2 heterocycles. The number of hydrogen-bond donors (Lipinski definition) is 2. The van der Waals surface area contributed by atoms with Crippen molar-refractivity contribution in [2.45, 2.75) is 38.5 Å². The monoisotopic (exact) mass is 427 g/mol. The predicted octanol–water partition coefficient (Wildman–Crippen LogP) is 2.72. The average Bonchev–Trinajstić information content (AvgIpc) is 3.61. The van der Waals surface area contributed by atoms with Crippen LogP contribution in [0.3, 0.4) is 0 Å². The van der Waals surface area contributed by atoms with Crippen LogP contribution in [0.4, 0.5) is 10.2 Å². The van der Waals surface area contributed by atoms with Crippen molar-refractivity contribution in [1.82, 2.24) is 9.88 Å². The Labute approximate surface area is 180 Å². The number of nitrogens with one attached hydrogen (secondary N) is 1. The number of aliphatic hydroxyl groups is 1. The lowest BCUT2D eigenvalue weighted by Gasteiger charge is -2.34. The second-order valence-electron chi connectivity index (χ2n) is 8.13. The van der Waals surface area contributed by atoms with Gasteiger partial charge in [0.25, 0.3) is 0 Å². The molecule has 2 fully saturated rings. The van der Waals surface area contributed by atoms with Crippen LogP contribution in [0.25, 0.3) is 11.1 Å². The van der Waals surface area contributed by atoms with Crippen LogP contribution >= 0.6 is 0 Å². The molecule has 1 aromatic carbocycles. The second-order valence-corrected chi connectivity index (χ2v) is 8.13. The number of amides is 2. The highest BCUT2D eigenvalue weighted by Gasteiger charge is 2.33. The van der Waals surface area contributed by atoms with E-state index < -0.39 is 24.8 Å². The van der Waals surface area contributed by atoms with Crippen molar-refractivity contribution in [2.24, 2.45) is 5.92 Å². The zero-order valence-electron chi connectivity index (χ0n) is 17.4. The van der Waals surface area contributed by atoms with E-state index in [1.165, 1.54) is 4.90 Å². The van der Waals surface area contributed by atoms with Crippen LogP contribution in [0.5, 0.6) is 5.75 Å². The first-order valence-electron chi connectivity index (χ1n) is 10.5. The number of anilines is 1. The Morgan fingerprint density at radius 3 is 2.68 bits per heavy atom. The van der Waals surface area contributed by atoms with E-state index in [4.69, 9.17) is 9.84 Å². The van der Waals surface area contributed by atoms with Gasteiger partial charge >= 0.3 is 0 Å². The molecule has 1 saturated heterocycles. The molecule has 2 N–H and O–H groups in total. The fourth-order valence-corrected chi connectivity index (χ4v) is 3.72. The number of pyridine rings is 1. The van der Waals surface area contributed by atoms with Gasteiger partial charge in [-0.1, -0.05) is 6.07 Å². The molecule has 1 aliphatic carbocycles. The number of hydrogen-bond acceptors (Lipinski definition) is 5. The Morgan fingerprint density at radius 1 is 1.23 bits per heavy atom. The van der Waals surface area contributed by atoms with Gasteiger partial charge in [0, 0.05) is 25.1 Å². The van der Waals surface area contributed by atoms with Gasteiger partial charge < -0.3 is 20.1 Å². The van der Waals surface area contributed by atoms with Gasteiger partial charge in [0.15, 0.2) is 6.17 Å². The van der Waals surface area contributed by atoms with Crippen LogP contribution < -0.4 is 10.1 Å². The number of benzene rings is 1. The number of aliphatic hydroxyl groups excluding tert-OH is 1. The van der Waals surface area contributed by atoms with Crippen molar-refractivity contribution < 1.29 is 23.8 Å². The number of likely N-dealkylation sites (tertiary alicyclic amines) is 1. The summed E-state index contributed by atoms with van der Waals surface area (Å²) in [5, 5.41) is 11.8. The van der Waals surface area contributed by atoms with Crippen molar-refractivity contribution in [3.05, 3.63) is 42.1 Å². The molecule has 7 nitrogen and oxygen atoms in total. The molecule has 0 spiro atoms. The molecule has 1 saturated carbocycles. The van der Waals surface area contributed by atoms with E-state index in [9.17, 15) is 14.0 Å². The van der Waals surface area contributed by atoms with Crippen molar-refractivity contribution in [1.29, 1.82) is 0 Å². The smallest absolute Gasteiger partial charge is 0.248 e. The number of carbonyl (C=O) groups is 2. The van der Waals surface area contributed by atoms with Crippen LogP contribution in [0.1, 0.15) is 24.8 Å². The van der Waals surface area contributed by atoms with Crippen molar-refractivity contribution >= 4 is 17.6 Å². The number of nitrogens with zero attached hydrogens (tertiary/aromatic N) is 2. The molecular weight excluding hydrogens is 401 g/mol. The minimum Gasteiger partial charge on any atom is -0.487 e. The van der Waals surface area contributed by atoms with Crippen LogP contribution in [0.15, 0.2) is 36.5 Å². The molecular formula is C23H26FN3O4. The SMILES string of the molecule is Cc1cc(-c2ccnc(NC(=O)C3CC3)c2)ccc1O[C@H]1CCN(C(=O)CO)C[C@H]1F. The van der Waals surface area contributed by atoms with Gasteiger partial charge in [-0.05, 0) is 60.7 Å². The Kier molecular flexibility index (Phi) is 6.18. The zero-order chi connectivity index (χ0) is 22.0. The topological polar surface area (TPSA) is 91.8 Å². The van der Waals surface area contributed by atoms with E-state index >= 15 is 0 Å². The van der Waals surface area contributed by atoms with E-state index in [1.54, 1.807) is 6.20 Å². The van der Waals surface area contributed by atoms with Gasteiger partial charge in [0.2, 0.25) is 11.8 Å². The van der Waals surface area contributed by atoms with Gasteiger partial charge in [-0.3, -0.25) is 9.59 Å². The third-order valence-corrected chi connectivity index (χ3v) is 5.72. The minimum absolute atomic E-state index is 0.0112. The van der Waals surface area contributed by atoms with E-state index in [0.29, 0.717) is 24.5 Å². The number of aromatic nitrogens is 1. The first-order chi connectivity index (χ1) is 14.9.